The summed E-state index contributed by atoms with van der Waals surface area (Å²) in [7, 11) is 0. The van der Waals surface area contributed by atoms with Crippen LogP contribution in [0.2, 0.25) is 0 Å². The molecule has 2 atom stereocenters. The maximum atomic E-state index is 13.3. The summed E-state index contributed by atoms with van der Waals surface area (Å²) in [6.45, 7) is 0.668. The third kappa shape index (κ3) is 7.51. The summed E-state index contributed by atoms with van der Waals surface area (Å²) in [6.07, 6.45) is -1.76. The summed E-state index contributed by atoms with van der Waals surface area (Å²) in [5.41, 5.74) is 0.414. The molecule has 0 saturated carbocycles. The fourth-order valence-electron chi connectivity index (χ4n) is 4.62. The number of para-hydroxylation sites is 1. The van der Waals surface area contributed by atoms with Gasteiger partial charge in [0.05, 0.1) is 11.8 Å². The number of likely N-dealkylation sites (tertiary alicyclic amines) is 1. The average Bonchev–Trinajstić information content (AvgIpc) is 3.60. The van der Waals surface area contributed by atoms with Crippen molar-refractivity contribution in [3.05, 3.63) is 42.1 Å². The first-order chi connectivity index (χ1) is 19.6. The lowest BCUT2D eigenvalue weighted by Crippen LogP contribution is -2.55. The summed E-state index contributed by atoms with van der Waals surface area (Å²) in [4.78, 5) is 65.5. The van der Waals surface area contributed by atoms with Crippen LogP contribution in [0.4, 0.5) is 4.79 Å². The van der Waals surface area contributed by atoms with E-state index in [1.807, 2.05) is 0 Å². The Morgan fingerprint density at radius 3 is 2.27 bits per heavy atom. The van der Waals surface area contributed by atoms with Crippen molar-refractivity contribution >= 4 is 29.8 Å². The number of aliphatic carboxylic acids is 1. The third-order valence-corrected chi connectivity index (χ3v) is 6.88. The van der Waals surface area contributed by atoms with Gasteiger partial charge in [-0.2, -0.15) is 5.10 Å². The van der Waals surface area contributed by atoms with Crippen LogP contribution in [-0.4, -0.2) is 128 Å². The quantitative estimate of drug-likeness (QED) is 0.292. The van der Waals surface area contributed by atoms with Gasteiger partial charge in [0, 0.05) is 51.8 Å². The van der Waals surface area contributed by atoms with E-state index in [1.165, 1.54) is 25.4 Å². The van der Waals surface area contributed by atoms with Crippen molar-refractivity contribution in [2.45, 2.75) is 31.4 Å². The van der Waals surface area contributed by atoms with Crippen LogP contribution in [0.3, 0.4) is 0 Å². The number of carboxylic acids is 1. The molecule has 0 aliphatic carbocycles. The normalized spacial score (nSPS) is 17.7. The highest BCUT2D eigenvalue weighted by Gasteiger charge is 2.31. The number of nitrogens with zero attached hydrogens (tertiary/aromatic N) is 5. The van der Waals surface area contributed by atoms with Crippen molar-refractivity contribution in [2.75, 3.05) is 45.9 Å². The number of ether oxygens (including phenoxy) is 1. The van der Waals surface area contributed by atoms with Crippen LogP contribution in [-0.2, 0) is 14.4 Å². The van der Waals surface area contributed by atoms with Crippen LogP contribution in [0.15, 0.2) is 36.4 Å². The number of rotatable bonds is 10. The first-order valence-corrected chi connectivity index (χ1v) is 13.2. The maximum Gasteiger partial charge on any atom is 0.407 e. The second kappa shape index (κ2) is 13.1. The van der Waals surface area contributed by atoms with Crippen LogP contribution in [0.25, 0.3) is 5.69 Å². The standard InChI is InChI=1S/C26H32N6O9/c33-18-8-9-31(15-18)21(34)16-41-22-14-20(28-32(22)17-4-2-1-3-5-17)24(37)27-19(6-7-23(35)36)25(38)29-10-12-30(13-11-29)26(39)40/h1-5,14,18-19,33H,6-13,15-16H2,(H,27,37)(H,35,36)(H,39,40)/t18-,19+/m1/s1. The first kappa shape index (κ1) is 29.3. The number of aliphatic hydroxyl groups is 1. The van der Waals surface area contributed by atoms with Crippen molar-refractivity contribution in [2.24, 2.45) is 0 Å². The summed E-state index contributed by atoms with van der Waals surface area (Å²) in [6, 6.07) is 8.86. The Morgan fingerprint density at radius 2 is 1.66 bits per heavy atom. The van der Waals surface area contributed by atoms with Crippen LogP contribution in [0.1, 0.15) is 29.8 Å². The van der Waals surface area contributed by atoms with E-state index in [0.717, 1.165) is 0 Å². The van der Waals surface area contributed by atoms with Crippen molar-refractivity contribution in [3.63, 3.8) is 0 Å². The fourth-order valence-corrected chi connectivity index (χ4v) is 4.62. The molecule has 2 aromatic rings. The number of aliphatic hydroxyl groups excluding tert-OH is 1. The molecule has 41 heavy (non-hydrogen) atoms. The Balaban J connectivity index is 1.50. The molecule has 4 amide bonds. The number of piperazine rings is 1. The zero-order valence-corrected chi connectivity index (χ0v) is 22.2. The zero-order valence-electron chi connectivity index (χ0n) is 22.2. The molecule has 220 valence electrons. The molecule has 15 nitrogen and oxygen atoms in total. The Labute approximate surface area is 234 Å². The monoisotopic (exact) mass is 572 g/mol. The van der Waals surface area contributed by atoms with E-state index in [2.05, 4.69) is 10.4 Å². The zero-order chi connectivity index (χ0) is 29.5. The topological polar surface area (TPSA) is 195 Å². The fraction of sp³-hybridized carbons (Fsp3) is 0.462. The molecule has 2 aliphatic heterocycles. The van der Waals surface area contributed by atoms with Gasteiger partial charge in [-0.05, 0) is 25.0 Å². The second-order valence-electron chi connectivity index (χ2n) is 9.74. The minimum atomic E-state index is -1.19. The molecule has 3 heterocycles. The molecule has 2 fully saturated rings. The minimum absolute atomic E-state index is 0.0904. The number of carbonyl (C=O) groups excluding carboxylic acids is 3. The molecular weight excluding hydrogens is 540 g/mol. The lowest BCUT2D eigenvalue weighted by Gasteiger charge is -2.35. The van der Waals surface area contributed by atoms with Gasteiger partial charge in [-0.15, -0.1) is 0 Å². The Hall–Kier alpha value is -4.66. The Morgan fingerprint density at radius 1 is 0.976 bits per heavy atom. The molecule has 0 bridgehead atoms. The van der Waals surface area contributed by atoms with Gasteiger partial charge in [-0.25, -0.2) is 9.48 Å². The molecule has 0 radical (unpaired) electrons. The number of hydrogen-bond donors (Lipinski definition) is 4. The van der Waals surface area contributed by atoms with Crippen LogP contribution in [0.5, 0.6) is 5.88 Å². The van der Waals surface area contributed by atoms with Crippen LogP contribution in [0, 0.1) is 0 Å². The summed E-state index contributed by atoms with van der Waals surface area (Å²) >= 11 is 0. The Kier molecular flexibility index (Phi) is 9.39. The number of β-amino-alcohol motifs (C(OH)–C–C–N with tert-alkyl or cyclic N) is 1. The first-order valence-electron chi connectivity index (χ1n) is 13.2. The third-order valence-electron chi connectivity index (χ3n) is 6.88. The molecule has 4 N–H and O–H groups in total. The number of carbonyl (C=O) groups is 5. The molecule has 0 spiro atoms. The molecule has 0 unspecified atom stereocenters. The highest BCUT2D eigenvalue weighted by molar-refractivity contribution is 5.96. The van der Waals surface area contributed by atoms with Gasteiger partial charge in [0.1, 0.15) is 6.04 Å². The van der Waals surface area contributed by atoms with E-state index in [1.54, 1.807) is 30.3 Å². The molecule has 15 heteroatoms. The van der Waals surface area contributed by atoms with Gasteiger partial charge in [0.2, 0.25) is 11.8 Å². The van der Waals surface area contributed by atoms with Crippen molar-refractivity contribution in [1.82, 2.24) is 29.8 Å². The predicted molar refractivity (Wildman–Crippen MR) is 141 cm³/mol. The highest BCUT2D eigenvalue weighted by Crippen LogP contribution is 2.21. The highest BCUT2D eigenvalue weighted by atomic mass is 16.5. The molecule has 2 aliphatic rings. The number of nitrogens with one attached hydrogen (secondary N) is 1. The van der Waals surface area contributed by atoms with Gasteiger partial charge >= 0.3 is 12.1 Å². The number of benzene rings is 1. The lowest BCUT2D eigenvalue weighted by atomic mass is 10.1. The number of carboxylic acid groups (broad SMARTS) is 2. The molecule has 1 aromatic heterocycles. The van der Waals surface area contributed by atoms with E-state index < -0.39 is 36.0 Å². The average molecular weight is 573 g/mol. The van der Waals surface area contributed by atoms with Gasteiger partial charge < -0.3 is 40.1 Å². The van der Waals surface area contributed by atoms with Crippen molar-refractivity contribution in [1.29, 1.82) is 0 Å². The van der Waals surface area contributed by atoms with Crippen molar-refractivity contribution in [3.8, 4) is 11.6 Å². The summed E-state index contributed by atoms with van der Waals surface area (Å²) in [5.74, 6) is -2.68. The summed E-state index contributed by atoms with van der Waals surface area (Å²) < 4.78 is 7.06. The minimum Gasteiger partial charge on any atom is -0.481 e. The van der Waals surface area contributed by atoms with Crippen LogP contribution < -0.4 is 10.1 Å². The predicted octanol–water partition coefficient (Wildman–Crippen LogP) is -0.370. The van der Waals surface area contributed by atoms with Crippen molar-refractivity contribution < 1.29 is 44.0 Å². The number of hydrogen-bond acceptors (Lipinski definition) is 8. The maximum absolute atomic E-state index is 13.3. The lowest BCUT2D eigenvalue weighted by molar-refractivity contribution is -0.138. The van der Waals surface area contributed by atoms with E-state index in [4.69, 9.17) is 9.84 Å². The Bertz CT molecular complexity index is 1280. The van der Waals surface area contributed by atoms with E-state index >= 15 is 0 Å². The molecular formula is C26H32N6O9. The number of amides is 4. The SMILES string of the molecule is O=C(O)CC[C@H](NC(=O)c1cc(OCC(=O)N2CC[C@@H](O)C2)n(-c2ccccc2)n1)C(=O)N1CCN(C(=O)O)CC1. The van der Waals surface area contributed by atoms with Gasteiger partial charge in [0.25, 0.3) is 11.8 Å². The molecule has 2 saturated heterocycles. The van der Waals surface area contributed by atoms with E-state index in [9.17, 15) is 34.2 Å². The summed E-state index contributed by atoms with van der Waals surface area (Å²) in [5, 5.41) is 34.9. The smallest absolute Gasteiger partial charge is 0.407 e. The molecule has 4 rings (SSSR count). The van der Waals surface area contributed by atoms with Gasteiger partial charge in [-0.3, -0.25) is 19.2 Å². The number of aromatic nitrogens is 2. The van der Waals surface area contributed by atoms with E-state index in [-0.39, 0.29) is 69.7 Å². The largest absolute Gasteiger partial charge is 0.481 e. The van der Waals surface area contributed by atoms with Gasteiger partial charge in [-0.1, -0.05) is 18.2 Å². The van der Waals surface area contributed by atoms with E-state index in [0.29, 0.717) is 18.7 Å². The molecule has 1 aromatic carbocycles. The van der Waals surface area contributed by atoms with Crippen LogP contribution >= 0.6 is 0 Å². The van der Waals surface area contributed by atoms with Gasteiger partial charge in [0.15, 0.2) is 12.3 Å². The second-order valence-corrected chi connectivity index (χ2v) is 9.74.